The van der Waals surface area contributed by atoms with Crippen LogP contribution in [0.4, 0.5) is 0 Å². The lowest BCUT2D eigenvalue weighted by atomic mass is 10.1. The van der Waals surface area contributed by atoms with Crippen LogP contribution in [0.3, 0.4) is 0 Å². The van der Waals surface area contributed by atoms with Crippen molar-refractivity contribution in [2.75, 3.05) is 0 Å². The number of rotatable bonds is 8. The number of nitrogens with one attached hydrogen (secondary N) is 2. The summed E-state index contributed by atoms with van der Waals surface area (Å²) in [6.07, 6.45) is 0. The van der Waals surface area contributed by atoms with Crippen LogP contribution in [0.1, 0.15) is 52.6 Å². The second kappa shape index (κ2) is 9.66. The average molecular weight is 442 g/mol. The number of halogens is 1. The zero-order valence-electron chi connectivity index (χ0n) is 16.0. The van der Waals surface area contributed by atoms with Gasteiger partial charge in [0.2, 0.25) is 0 Å². The highest BCUT2D eigenvalue weighted by Crippen LogP contribution is 2.25. The number of carbonyl (C=O) groups excluding carboxylic acids is 1. The number of hydrogen-bond donors (Lipinski definition) is 2. The average Bonchev–Trinajstić information content (AvgIpc) is 3.09. The Bertz CT molecular complexity index is 923. The summed E-state index contributed by atoms with van der Waals surface area (Å²) in [5.41, 5.74) is 4.54. The van der Waals surface area contributed by atoms with Gasteiger partial charge in [-0.05, 0) is 38.5 Å². The number of benzene rings is 2. The van der Waals surface area contributed by atoms with Gasteiger partial charge in [-0.1, -0.05) is 68.4 Å². The van der Waals surface area contributed by atoms with Gasteiger partial charge in [0.25, 0.3) is 5.91 Å². The van der Waals surface area contributed by atoms with Crippen LogP contribution in [0.25, 0.3) is 0 Å². The van der Waals surface area contributed by atoms with E-state index in [1.54, 1.807) is 0 Å². The Balaban J connectivity index is 1.53. The summed E-state index contributed by atoms with van der Waals surface area (Å²) in [5.74, 6) is 0.0525. The molecule has 0 saturated carbocycles. The third-order valence-corrected chi connectivity index (χ3v) is 5.15. The molecular formula is C22H24BrN3O2. The highest BCUT2D eigenvalue weighted by molar-refractivity contribution is 9.10. The van der Waals surface area contributed by atoms with Gasteiger partial charge in [-0.2, -0.15) is 5.10 Å². The Morgan fingerprint density at radius 1 is 1.07 bits per heavy atom. The van der Waals surface area contributed by atoms with Gasteiger partial charge in [-0.15, -0.1) is 0 Å². The molecule has 6 heteroatoms. The summed E-state index contributed by atoms with van der Waals surface area (Å²) in [7, 11) is 0. The quantitative estimate of drug-likeness (QED) is 0.519. The molecule has 1 amide bonds. The maximum atomic E-state index is 12.4. The van der Waals surface area contributed by atoms with Gasteiger partial charge >= 0.3 is 0 Å². The van der Waals surface area contributed by atoms with Gasteiger partial charge in [0.15, 0.2) is 5.69 Å². The second-order valence-corrected chi connectivity index (χ2v) is 7.73. The maximum absolute atomic E-state index is 12.4. The normalized spacial score (nSPS) is 11.0. The molecule has 0 bridgehead atoms. The molecule has 0 radical (unpaired) electrons. The van der Waals surface area contributed by atoms with E-state index in [1.807, 2.05) is 68.4 Å². The lowest BCUT2D eigenvalue weighted by Gasteiger charge is -2.08. The minimum absolute atomic E-state index is 0.208. The summed E-state index contributed by atoms with van der Waals surface area (Å²) in [6.45, 7) is 5.63. The van der Waals surface area contributed by atoms with Crippen molar-refractivity contribution >= 4 is 21.8 Å². The molecule has 5 nitrogen and oxygen atoms in total. The third kappa shape index (κ3) is 5.30. The molecule has 0 unspecified atom stereocenters. The van der Waals surface area contributed by atoms with Crippen molar-refractivity contribution in [3.8, 4) is 0 Å². The van der Waals surface area contributed by atoms with Crippen LogP contribution in [-0.2, 0) is 24.5 Å². The Morgan fingerprint density at radius 3 is 2.46 bits per heavy atom. The summed E-state index contributed by atoms with van der Waals surface area (Å²) in [5, 5.41) is 9.98. The number of aromatic amines is 1. The van der Waals surface area contributed by atoms with Crippen molar-refractivity contribution in [2.24, 2.45) is 0 Å². The molecule has 3 aromatic rings. The summed E-state index contributed by atoms with van der Waals surface area (Å²) < 4.78 is 6.51. The van der Waals surface area contributed by atoms with Crippen LogP contribution in [-0.4, -0.2) is 16.1 Å². The number of hydrogen-bond acceptors (Lipinski definition) is 3. The van der Waals surface area contributed by atoms with E-state index in [2.05, 4.69) is 31.4 Å². The molecule has 0 aliphatic carbocycles. The number of nitrogens with zero attached hydrogens (tertiary/aromatic N) is 1. The van der Waals surface area contributed by atoms with Crippen molar-refractivity contribution in [1.82, 2.24) is 15.5 Å². The van der Waals surface area contributed by atoms with E-state index in [9.17, 15) is 4.79 Å². The molecular weight excluding hydrogens is 418 g/mol. The smallest absolute Gasteiger partial charge is 0.273 e. The van der Waals surface area contributed by atoms with E-state index >= 15 is 0 Å². The lowest BCUT2D eigenvalue weighted by Crippen LogP contribution is -2.23. The fraction of sp³-hybridized carbons (Fsp3) is 0.273. The van der Waals surface area contributed by atoms with Crippen LogP contribution < -0.4 is 5.32 Å². The molecule has 1 heterocycles. The zero-order valence-corrected chi connectivity index (χ0v) is 17.6. The van der Waals surface area contributed by atoms with Crippen molar-refractivity contribution in [1.29, 1.82) is 0 Å². The molecule has 0 atom stereocenters. The number of aromatic nitrogens is 2. The first kappa shape index (κ1) is 20.3. The zero-order chi connectivity index (χ0) is 19.9. The maximum Gasteiger partial charge on any atom is 0.273 e. The van der Waals surface area contributed by atoms with Crippen LogP contribution in [0.2, 0.25) is 0 Å². The molecule has 0 fully saturated rings. The van der Waals surface area contributed by atoms with E-state index in [-0.39, 0.29) is 11.8 Å². The predicted molar refractivity (Wildman–Crippen MR) is 113 cm³/mol. The molecule has 1 aromatic heterocycles. The molecule has 0 aliphatic heterocycles. The van der Waals surface area contributed by atoms with Gasteiger partial charge in [0.05, 0.1) is 23.4 Å². The molecule has 0 aliphatic rings. The summed E-state index contributed by atoms with van der Waals surface area (Å²) in [4.78, 5) is 12.4. The van der Waals surface area contributed by atoms with Crippen molar-refractivity contribution in [3.05, 3.63) is 87.1 Å². The van der Waals surface area contributed by atoms with Crippen molar-refractivity contribution < 1.29 is 9.53 Å². The number of H-pyrrole nitrogens is 1. The van der Waals surface area contributed by atoms with Gasteiger partial charge in [-0.3, -0.25) is 9.89 Å². The minimum atomic E-state index is -0.208. The van der Waals surface area contributed by atoms with Crippen LogP contribution in [0, 0.1) is 0 Å². The third-order valence-electron chi connectivity index (χ3n) is 4.35. The van der Waals surface area contributed by atoms with Crippen molar-refractivity contribution in [3.63, 3.8) is 0 Å². The summed E-state index contributed by atoms with van der Waals surface area (Å²) >= 11 is 3.47. The van der Waals surface area contributed by atoms with Gasteiger partial charge in [0.1, 0.15) is 0 Å². The molecule has 2 N–H and O–H groups in total. The largest absolute Gasteiger partial charge is 0.372 e. The van der Waals surface area contributed by atoms with Gasteiger partial charge in [0, 0.05) is 6.54 Å². The van der Waals surface area contributed by atoms with E-state index < -0.39 is 0 Å². The Morgan fingerprint density at radius 2 is 1.75 bits per heavy atom. The number of amides is 1. The van der Waals surface area contributed by atoms with E-state index in [0.717, 1.165) is 26.9 Å². The minimum Gasteiger partial charge on any atom is -0.372 e. The molecule has 2 aromatic carbocycles. The number of ether oxygens (including phenoxy) is 1. The van der Waals surface area contributed by atoms with Crippen LogP contribution in [0.15, 0.2) is 59.1 Å². The van der Waals surface area contributed by atoms with Gasteiger partial charge < -0.3 is 10.1 Å². The molecule has 28 heavy (non-hydrogen) atoms. The fourth-order valence-corrected chi connectivity index (χ4v) is 3.65. The first-order valence-corrected chi connectivity index (χ1v) is 10.1. The molecule has 3 rings (SSSR count). The van der Waals surface area contributed by atoms with Crippen LogP contribution in [0.5, 0.6) is 0 Å². The van der Waals surface area contributed by atoms with Crippen molar-refractivity contribution in [2.45, 2.75) is 39.5 Å². The summed E-state index contributed by atoms with van der Waals surface area (Å²) in [6, 6.07) is 18.1. The predicted octanol–water partition coefficient (Wildman–Crippen LogP) is 4.94. The van der Waals surface area contributed by atoms with E-state index in [0.29, 0.717) is 25.5 Å². The standard InChI is InChI=1S/C22H24BrN3O2/c1-15(2)20-19(23)21(26-25-20)22(27)24-12-17-9-6-10-18(11-17)14-28-13-16-7-4-3-5-8-16/h3-11,15H,12-14H2,1-2H3,(H,24,27)(H,25,26). The van der Waals surface area contributed by atoms with E-state index in [4.69, 9.17) is 4.74 Å². The Labute approximate surface area is 173 Å². The molecule has 146 valence electrons. The van der Waals surface area contributed by atoms with E-state index in [1.165, 1.54) is 0 Å². The number of carbonyl (C=O) groups is 1. The topological polar surface area (TPSA) is 67.0 Å². The first-order valence-electron chi connectivity index (χ1n) is 9.26. The fourth-order valence-electron chi connectivity index (χ4n) is 2.83. The Hall–Kier alpha value is -2.44. The monoisotopic (exact) mass is 441 g/mol. The first-order chi connectivity index (χ1) is 13.5. The second-order valence-electron chi connectivity index (χ2n) is 6.94. The SMILES string of the molecule is CC(C)c1[nH]nc(C(=O)NCc2cccc(COCc3ccccc3)c2)c1Br. The Kier molecular flexibility index (Phi) is 7.01. The molecule has 0 saturated heterocycles. The molecule has 0 spiro atoms. The van der Waals surface area contributed by atoms with Gasteiger partial charge in [-0.25, -0.2) is 0 Å². The lowest BCUT2D eigenvalue weighted by molar-refractivity contribution is 0.0945. The highest BCUT2D eigenvalue weighted by atomic mass is 79.9. The highest BCUT2D eigenvalue weighted by Gasteiger charge is 2.18. The van der Waals surface area contributed by atoms with Crippen LogP contribution >= 0.6 is 15.9 Å².